The molecule has 7 nitrogen and oxygen atoms in total. The van der Waals surface area contributed by atoms with E-state index in [2.05, 4.69) is 31.3 Å². The van der Waals surface area contributed by atoms with Crippen molar-refractivity contribution in [1.82, 2.24) is 25.1 Å². The molecule has 4 heterocycles. The normalized spacial score (nSPS) is 15.8. The average molecular weight is 342 g/mol. The second-order valence-corrected chi connectivity index (χ2v) is 6.84. The van der Waals surface area contributed by atoms with Gasteiger partial charge in [0.15, 0.2) is 0 Å². The smallest absolute Gasteiger partial charge is 0.271 e. The van der Waals surface area contributed by atoms with Gasteiger partial charge in [0, 0.05) is 32.4 Å². The molecule has 0 aromatic carbocycles. The fourth-order valence-electron chi connectivity index (χ4n) is 3.06. The van der Waals surface area contributed by atoms with Gasteiger partial charge in [0.2, 0.25) is 0 Å². The minimum atomic E-state index is -0.101. The van der Waals surface area contributed by atoms with Crippen LogP contribution in [0.4, 0.5) is 5.82 Å². The zero-order valence-corrected chi connectivity index (χ0v) is 14.2. The van der Waals surface area contributed by atoms with E-state index >= 15 is 0 Å². The molecule has 0 saturated carbocycles. The van der Waals surface area contributed by atoms with Gasteiger partial charge in [-0.25, -0.2) is 9.97 Å². The summed E-state index contributed by atoms with van der Waals surface area (Å²) in [6, 6.07) is 3.98. The first-order chi connectivity index (χ1) is 11.7. The highest BCUT2D eigenvalue weighted by Crippen LogP contribution is 2.28. The summed E-state index contributed by atoms with van der Waals surface area (Å²) in [7, 11) is 1.81. The van der Waals surface area contributed by atoms with Crippen LogP contribution in [0.25, 0.3) is 10.2 Å². The number of nitrogens with one attached hydrogen (secondary N) is 1. The first-order valence-corrected chi connectivity index (χ1v) is 8.82. The lowest BCUT2D eigenvalue weighted by atomic mass is 10.0. The Morgan fingerprint density at radius 3 is 2.88 bits per heavy atom. The Bertz CT molecular complexity index is 864. The topological polar surface area (TPSA) is 75.9 Å². The zero-order chi connectivity index (χ0) is 16.5. The number of carbonyl (C=O) groups is 1. The van der Waals surface area contributed by atoms with Crippen LogP contribution in [0.15, 0.2) is 30.0 Å². The number of thiophene rings is 1. The molecule has 0 atom stereocenters. The van der Waals surface area contributed by atoms with E-state index in [9.17, 15) is 4.79 Å². The number of piperidine rings is 1. The van der Waals surface area contributed by atoms with Crippen LogP contribution >= 0.6 is 11.3 Å². The third-order valence-electron chi connectivity index (χ3n) is 4.32. The Hall–Kier alpha value is -2.48. The van der Waals surface area contributed by atoms with Crippen molar-refractivity contribution in [2.75, 3.05) is 18.0 Å². The molecule has 4 rings (SSSR count). The molecule has 1 fully saturated rings. The molecule has 1 amide bonds. The molecule has 1 aliphatic heterocycles. The zero-order valence-electron chi connectivity index (χ0n) is 13.3. The Kier molecular flexibility index (Phi) is 3.89. The lowest BCUT2D eigenvalue weighted by molar-refractivity contribution is 0.0925. The maximum Gasteiger partial charge on any atom is 0.271 e. The second-order valence-electron chi connectivity index (χ2n) is 5.95. The summed E-state index contributed by atoms with van der Waals surface area (Å²) < 4.78 is 1.64. The SMILES string of the molecule is Cn1ccc(C(=O)NC2CCN(c3ncnc4sccc34)CC2)n1. The number of hydrogen-bond acceptors (Lipinski definition) is 6. The minimum Gasteiger partial charge on any atom is -0.356 e. The highest BCUT2D eigenvalue weighted by atomic mass is 32.1. The number of rotatable bonds is 3. The molecule has 0 aliphatic carbocycles. The van der Waals surface area contributed by atoms with Gasteiger partial charge in [0.05, 0.1) is 5.39 Å². The van der Waals surface area contributed by atoms with Gasteiger partial charge in [-0.3, -0.25) is 9.48 Å². The summed E-state index contributed by atoms with van der Waals surface area (Å²) in [5, 5.41) is 10.4. The predicted molar refractivity (Wildman–Crippen MR) is 93.3 cm³/mol. The van der Waals surface area contributed by atoms with Crippen LogP contribution in [0.5, 0.6) is 0 Å². The molecule has 3 aromatic rings. The summed E-state index contributed by atoms with van der Waals surface area (Å²) in [5.41, 5.74) is 0.468. The number of nitrogens with zero attached hydrogens (tertiary/aromatic N) is 5. The number of aromatic nitrogens is 4. The highest BCUT2D eigenvalue weighted by molar-refractivity contribution is 7.16. The van der Waals surface area contributed by atoms with Crippen molar-refractivity contribution in [1.29, 1.82) is 0 Å². The van der Waals surface area contributed by atoms with E-state index in [0.717, 1.165) is 42.0 Å². The van der Waals surface area contributed by atoms with Gasteiger partial charge < -0.3 is 10.2 Å². The van der Waals surface area contributed by atoms with Gasteiger partial charge in [-0.05, 0) is 30.4 Å². The first-order valence-electron chi connectivity index (χ1n) is 7.94. The van der Waals surface area contributed by atoms with Crippen LogP contribution in [0.3, 0.4) is 0 Å². The van der Waals surface area contributed by atoms with Crippen molar-refractivity contribution < 1.29 is 4.79 Å². The maximum absolute atomic E-state index is 12.2. The molecule has 124 valence electrons. The molecule has 3 aromatic heterocycles. The summed E-state index contributed by atoms with van der Waals surface area (Å²) >= 11 is 1.63. The van der Waals surface area contributed by atoms with Gasteiger partial charge >= 0.3 is 0 Å². The molecule has 1 saturated heterocycles. The number of anilines is 1. The molecule has 0 spiro atoms. The number of fused-ring (bicyclic) bond motifs is 1. The molecule has 1 N–H and O–H groups in total. The van der Waals surface area contributed by atoms with Gasteiger partial charge in [0.1, 0.15) is 22.7 Å². The minimum absolute atomic E-state index is 0.101. The molecule has 0 unspecified atom stereocenters. The summed E-state index contributed by atoms with van der Waals surface area (Å²) in [5.74, 6) is 0.895. The van der Waals surface area contributed by atoms with Crippen LogP contribution in [0.2, 0.25) is 0 Å². The van der Waals surface area contributed by atoms with Gasteiger partial charge in [-0.1, -0.05) is 0 Å². The number of amides is 1. The van der Waals surface area contributed by atoms with E-state index in [1.54, 1.807) is 34.6 Å². The molecule has 1 aliphatic rings. The highest BCUT2D eigenvalue weighted by Gasteiger charge is 2.23. The number of hydrogen-bond donors (Lipinski definition) is 1. The molecule has 24 heavy (non-hydrogen) atoms. The Balaban J connectivity index is 1.40. The Morgan fingerprint density at radius 2 is 2.12 bits per heavy atom. The van der Waals surface area contributed by atoms with Crippen molar-refractivity contribution in [3.05, 3.63) is 35.7 Å². The van der Waals surface area contributed by atoms with E-state index in [1.807, 2.05) is 12.4 Å². The predicted octanol–water partition coefficient (Wildman–Crippen LogP) is 1.82. The number of aryl methyl sites for hydroxylation is 1. The third kappa shape index (κ3) is 2.84. The van der Waals surface area contributed by atoms with Crippen LogP contribution in [0.1, 0.15) is 23.3 Å². The van der Waals surface area contributed by atoms with Crippen LogP contribution in [-0.2, 0) is 7.05 Å². The average Bonchev–Trinajstić information content (AvgIpc) is 3.24. The van der Waals surface area contributed by atoms with Crippen LogP contribution < -0.4 is 10.2 Å². The largest absolute Gasteiger partial charge is 0.356 e. The quantitative estimate of drug-likeness (QED) is 0.786. The van der Waals surface area contributed by atoms with Crippen molar-refractivity contribution >= 4 is 33.3 Å². The fourth-order valence-corrected chi connectivity index (χ4v) is 3.79. The van der Waals surface area contributed by atoms with Crippen molar-refractivity contribution in [2.24, 2.45) is 7.05 Å². The van der Waals surface area contributed by atoms with Crippen molar-refractivity contribution in [3.63, 3.8) is 0 Å². The standard InChI is InChI=1S/C16H18N6OS/c1-21-6-4-13(20-21)15(23)19-11-2-7-22(8-3-11)14-12-5-9-24-16(12)18-10-17-14/h4-6,9-11H,2-3,7-8H2,1H3,(H,19,23). The van der Waals surface area contributed by atoms with Gasteiger partial charge in [-0.15, -0.1) is 11.3 Å². The van der Waals surface area contributed by atoms with Gasteiger partial charge in [-0.2, -0.15) is 5.10 Å². The molecular weight excluding hydrogens is 324 g/mol. The summed E-state index contributed by atoms with van der Waals surface area (Å²) in [4.78, 5) is 24.3. The van der Waals surface area contributed by atoms with E-state index in [-0.39, 0.29) is 11.9 Å². The molecule has 8 heteroatoms. The van der Waals surface area contributed by atoms with Crippen LogP contribution in [0, 0.1) is 0 Å². The number of carbonyl (C=O) groups excluding carboxylic acids is 1. The maximum atomic E-state index is 12.2. The summed E-state index contributed by atoms with van der Waals surface area (Å²) in [6.45, 7) is 1.74. The van der Waals surface area contributed by atoms with E-state index in [0.29, 0.717) is 5.69 Å². The molecule has 0 radical (unpaired) electrons. The van der Waals surface area contributed by atoms with E-state index < -0.39 is 0 Å². The van der Waals surface area contributed by atoms with Crippen LogP contribution in [-0.4, -0.2) is 44.8 Å². The lowest BCUT2D eigenvalue weighted by Crippen LogP contribution is -2.45. The van der Waals surface area contributed by atoms with Gasteiger partial charge in [0.25, 0.3) is 5.91 Å². The van der Waals surface area contributed by atoms with Crippen molar-refractivity contribution in [2.45, 2.75) is 18.9 Å². The fraction of sp³-hybridized carbons (Fsp3) is 0.375. The van der Waals surface area contributed by atoms with E-state index in [4.69, 9.17) is 0 Å². The third-order valence-corrected chi connectivity index (χ3v) is 5.14. The molecular formula is C16H18N6OS. The molecule has 0 bridgehead atoms. The lowest BCUT2D eigenvalue weighted by Gasteiger charge is -2.33. The Morgan fingerprint density at radius 1 is 1.29 bits per heavy atom. The second kappa shape index (κ2) is 6.20. The van der Waals surface area contributed by atoms with Crippen molar-refractivity contribution in [3.8, 4) is 0 Å². The monoisotopic (exact) mass is 342 g/mol. The summed E-state index contributed by atoms with van der Waals surface area (Å²) in [6.07, 6.45) is 5.20. The first kappa shape index (κ1) is 15.1. The van der Waals surface area contributed by atoms with E-state index in [1.165, 1.54) is 0 Å². The Labute approximate surface area is 143 Å².